The third kappa shape index (κ3) is 2.92. The molecule has 0 radical (unpaired) electrons. The fourth-order valence-corrected chi connectivity index (χ4v) is 2.16. The van der Waals surface area contributed by atoms with Crippen LogP contribution in [-0.2, 0) is 14.8 Å². The molecule has 1 fully saturated rings. The van der Waals surface area contributed by atoms with Crippen molar-refractivity contribution in [1.29, 1.82) is 0 Å². The zero-order valence-corrected chi connectivity index (χ0v) is 10.1. The van der Waals surface area contributed by atoms with Crippen molar-refractivity contribution in [3.05, 3.63) is 0 Å². The second kappa shape index (κ2) is 4.49. The van der Waals surface area contributed by atoms with E-state index in [2.05, 4.69) is 10.0 Å². The van der Waals surface area contributed by atoms with Crippen LogP contribution >= 0.6 is 0 Å². The molecule has 2 atom stereocenters. The van der Waals surface area contributed by atoms with Crippen molar-refractivity contribution < 1.29 is 13.2 Å². The number of carbonyl (C=O) groups excluding carboxylic acids is 1. The molecule has 1 aliphatic heterocycles. The third-order valence-corrected chi connectivity index (χ3v) is 4.44. The number of rotatable bonds is 3. The average Bonchev–Trinajstić information content (AvgIpc) is 2.50. The molecular weight excluding hydrogens is 216 g/mol. The van der Waals surface area contributed by atoms with Crippen molar-refractivity contribution in [3.63, 3.8) is 0 Å². The predicted molar refractivity (Wildman–Crippen MR) is 57.7 cm³/mol. The Morgan fingerprint density at radius 3 is 2.40 bits per heavy atom. The molecule has 88 valence electrons. The Morgan fingerprint density at radius 2 is 2.00 bits per heavy atom. The zero-order valence-electron chi connectivity index (χ0n) is 9.28. The summed E-state index contributed by atoms with van der Waals surface area (Å²) in [6, 6.07) is 0. The van der Waals surface area contributed by atoms with Gasteiger partial charge in [-0.25, -0.2) is 8.42 Å². The van der Waals surface area contributed by atoms with Gasteiger partial charge in [-0.3, -0.25) is 9.52 Å². The van der Waals surface area contributed by atoms with Crippen LogP contribution in [0.15, 0.2) is 0 Å². The molecule has 0 aromatic carbocycles. The Kier molecular flexibility index (Phi) is 3.72. The minimum Gasteiger partial charge on any atom is -0.316 e. The normalized spacial score (nSPS) is 26.9. The molecule has 1 aliphatic rings. The molecule has 6 heteroatoms. The smallest absolute Gasteiger partial charge is 0.238 e. The van der Waals surface area contributed by atoms with Crippen molar-refractivity contribution in [1.82, 2.24) is 10.0 Å². The largest absolute Gasteiger partial charge is 0.316 e. The van der Waals surface area contributed by atoms with E-state index in [0.29, 0.717) is 6.54 Å². The Hall–Kier alpha value is -0.620. The first-order chi connectivity index (χ1) is 6.84. The number of sulfonamides is 1. The number of amides is 1. The van der Waals surface area contributed by atoms with Gasteiger partial charge < -0.3 is 5.32 Å². The lowest BCUT2D eigenvalue weighted by atomic mass is 9.98. The SMILES string of the molecule is CC1CNCC1C(=O)NS(=O)(=O)C(C)C. The summed E-state index contributed by atoms with van der Waals surface area (Å²) in [4.78, 5) is 11.6. The number of hydrogen-bond acceptors (Lipinski definition) is 4. The van der Waals surface area contributed by atoms with Crippen LogP contribution in [0.25, 0.3) is 0 Å². The van der Waals surface area contributed by atoms with Crippen LogP contribution in [0.3, 0.4) is 0 Å². The van der Waals surface area contributed by atoms with Gasteiger partial charge in [0, 0.05) is 6.54 Å². The Balaban J connectivity index is 2.64. The van der Waals surface area contributed by atoms with Crippen molar-refractivity contribution in [3.8, 4) is 0 Å². The van der Waals surface area contributed by atoms with Gasteiger partial charge in [-0.2, -0.15) is 0 Å². The summed E-state index contributed by atoms with van der Waals surface area (Å²) in [6.07, 6.45) is 0. The van der Waals surface area contributed by atoms with Gasteiger partial charge in [0.1, 0.15) is 0 Å². The zero-order chi connectivity index (χ0) is 11.6. The lowest BCUT2D eigenvalue weighted by molar-refractivity contribution is -0.123. The van der Waals surface area contributed by atoms with Crippen LogP contribution in [0.1, 0.15) is 20.8 Å². The highest BCUT2D eigenvalue weighted by atomic mass is 32.2. The van der Waals surface area contributed by atoms with Gasteiger partial charge in [-0.1, -0.05) is 6.92 Å². The molecule has 0 saturated carbocycles. The summed E-state index contributed by atoms with van der Waals surface area (Å²) >= 11 is 0. The minimum absolute atomic E-state index is 0.187. The highest BCUT2D eigenvalue weighted by Gasteiger charge is 2.32. The number of hydrogen-bond donors (Lipinski definition) is 2. The van der Waals surface area contributed by atoms with Crippen molar-refractivity contribution in [2.45, 2.75) is 26.0 Å². The highest BCUT2D eigenvalue weighted by molar-refractivity contribution is 7.90. The highest BCUT2D eigenvalue weighted by Crippen LogP contribution is 2.16. The first-order valence-electron chi connectivity index (χ1n) is 5.10. The van der Waals surface area contributed by atoms with E-state index in [-0.39, 0.29) is 17.7 Å². The van der Waals surface area contributed by atoms with E-state index >= 15 is 0 Å². The summed E-state index contributed by atoms with van der Waals surface area (Å²) in [5, 5.41) is 2.48. The first kappa shape index (κ1) is 12.4. The molecule has 2 unspecified atom stereocenters. The van der Waals surface area contributed by atoms with Crippen LogP contribution in [0.5, 0.6) is 0 Å². The molecule has 0 aromatic heterocycles. The molecule has 0 aliphatic carbocycles. The van der Waals surface area contributed by atoms with E-state index in [9.17, 15) is 13.2 Å². The third-order valence-electron chi connectivity index (χ3n) is 2.72. The van der Waals surface area contributed by atoms with Crippen LogP contribution < -0.4 is 10.0 Å². The van der Waals surface area contributed by atoms with Gasteiger partial charge in [-0.05, 0) is 26.3 Å². The number of carbonyl (C=O) groups is 1. The first-order valence-corrected chi connectivity index (χ1v) is 6.65. The maximum Gasteiger partial charge on any atom is 0.238 e. The molecule has 1 amide bonds. The van der Waals surface area contributed by atoms with E-state index < -0.39 is 15.3 Å². The average molecular weight is 234 g/mol. The second-order valence-electron chi connectivity index (χ2n) is 4.30. The van der Waals surface area contributed by atoms with E-state index in [1.54, 1.807) is 13.8 Å². The summed E-state index contributed by atoms with van der Waals surface area (Å²) in [7, 11) is -3.49. The quantitative estimate of drug-likeness (QED) is 0.703. The molecule has 0 aromatic rings. The van der Waals surface area contributed by atoms with E-state index in [1.807, 2.05) is 6.92 Å². The Labute approximate surface area is 90.7 Å². The predicted octanol–water partition coefficient (Wildman–Crippen LogP) is -0.304. The standard InChI is InChI=1S/C9H18N2O3S/c1-6(2)15(13,14)11-9(12)8-5-10-4-7(8)3/h6-8,10H,4-5H2,1-3H3,(H,11,12). The summed E-state index contributed by atoms with van der Waals surface area (Å²) in [5.74, 6) is -0.438. The molecule has 2 N–H and O–H groups in total. The maximum absolute atomic E-state index is 11.6. The molecule has 15 heavy (non-hydrogen) atoms. The van der Waals surface area contributed by atoms with Crippen molar-refractivity contribution in [2.24, 2.45) is 11.8 Å². The maximum atomic E-state index is 11.6. The monoisotopic (exact) mass is 234 g/mol. The lowest BCUT2D eigenvalue weighted by Gasteiger charge is -2.15. The van der Waals surface area contributed by atoms with Gasteiger partial charge >= 0.3 is 0 Å². The summed E-state index contributed by atoms with van der Waals surface area (Å²) in [5.41, 5.74) is 0. The fourth-order valence-electron chi connectivity index (χ4n) is 1.49. The van der Waals surface area contributed by atoms with Crippen LogP contribution in [0, 0.1) is 11.8 Å². The van der Waals surface area contributed by atoms with Crippen LogP contribution in [0.2, 0.25) is 0 Å². The minimum atomic E-state index is -3.49. The van der Waals surface area contributed by atoms with Crippen molar-refractivity contribution in [2.75, 3.05) is 13.1 Å². The fraction of sp³-hybridized carbons (Fsp3) is 0.889. The topological polar surface area (TPSA) is 75.3 Å². The van der Waals surface area contributed by atoms with Gasteiger partial charge in [0.05, 0.1) is 11.2 Å². The van der Waals surface area contributed by atoms with E-state index in [4.69, 9.17) is 0 Å². The van der Waals surface area contributed by atoms with Gasteiger partial charge in [0.2, 0.25) is 15.9 Å². The van der Waals surface area contributed by atoms with Crippen molar-refractivity contribution >= 4 is 15.9 Å². The summed E-state index contributed by atoms with van der Waals surface area (Å²) < 4.78 is 25.0. The lowest BCUT2D eigenvalue weighted by Crippen LogP contribution is -2.41. The van der Waals surface area contributed by atoms with Crippen LogP contribution in [-0.4, -0.2) is 32.7 Å². The molecular formula is C9H18N2O3S. The Morgan fingerprint density at radius 1 is 1.40 bits per heavy atom. The molecule has 5 nitrogen and oxygen atoms in total. The van der Waals surface area contributed by atoms with Gasteiger partial charge in [-0.15, -0.1) is 0 Å². The molecule has 1 saturated heterocycles. The Bertz CT molecular complexity index is 337. The van der Waals surface area contributed by atoms with Gasteiger partial charge in [0.15, 0.2) is 0 Å². The molecule has 0 bridgehead atoms. The van der Waals surface area contributed by atoms with E-state index in [0.717, 1.165) is 6.54 Å². The molecule has 0 spiro atoms. The van der Waals surface area contributed by atoms with Crippen LogP contribution in [0.4, 0.5) is 0 Å². The van der Waals surface area contributed by atoms with Gasteiger partial charge in [0.25, 0.3) is 0 Å². The summed E-state index contributed by atoms with van der Waals surface area (Å²) in [6.45, 7) is 6.35. The molecule has 1 heterocycles. The van der Waals surface area contributed by atoms with E-state index in [1.165, 1.54) is 0 Å². The number of nitrogens with one attached hydrogen (secondary N) is 2. The molecule has 1 rings (SSSR count). The second-order valence-corrected chi connectivity index (χ2v) is 6.54.